The van der Waals surface area contributed by atoms with Gasteiger partial charge in [-0.05, 0) is 36.5 Å². The normalized spacial score (nSPS) is 21.3. The van der Waals surface area contributed by atoms with Gasteiger partial charge < -0.3 is 10.1 Å². The van der Waals surface area contributed by atoms with E-state index in [2.05, 4.69) is 39.8 Å². The molecule has 4 nitrogen and oxygen atoms in total. The summed E-state index contributed by atoms with van der Waals surface area (Å²) in [6.07, 6.45) is 3.20. The molecule has 0 radical (unpaired) electrons. The molecule has 0 bridgehead atoms. The van der Waals surface area contributed by atoms with Crippen molar-refractivity contribution in [1.29, 1.82) is 0 Å². The van der Waals surface area contributed by atoms with Crippen molar-refractivity contribution in [1.82, 2.24) is 15.1 Å². The highest BCUT2D eigenvalue weighted by Crippen LogP contribution is 2.34. The van der Waals surface area contributed by atoms with E-state index in [1.165, 1.54) is 23.6 Å². The lowest BCUT2D eigenvalue weighted by Gasteiger charge is -2.24. The molecule has 18 heavy (non-hydrogen) atoms. The molecule has 1 aromatic heterocycles. The number of ether oxygens (including phenoxy) is 1. The Hall–Kier alpha value is -0.520. The van der Waals surface area contributed by atoms with E-state index >= 15 is 0 Å². The van der Waals surface area contributed by atoms with E-state index < -0.39 is 0 Å². The molecule has 0 saturated carbocycles. The van der Waals surface area contributed by atoms with Crippen molar-refractivity contribution in [2.75, 3.05) is 31.8 Å². The minimum Gasteiger partial charge on any atom is -0.383 e. The molecule has 2 atom stereocenters. The van der Waals surface area contributed by atoms with Gasteiger partial charge in [-0.1, -0.05) is 6.92 Å². The Kier molecular flexibility index (Phi) is 5.53. The van der Waals surface area contributed by atoms with Crippen LogP contribution in [0.4, 0.5) is 0 Å². The maximum atomic E-state index is 5.15. The Balaban J connectivity index is 2.11. The van der Waals surface area contributed by atoms with Gasteiger partial charge in [0.15, 0.2) is 0 Å². The minimum absolute atomic E-state index is 0.435. The maximum absolute atomic E-state index is 5.15. The molecule has 0 aromatic carbocycles. The Morgan fingerprint density at radius 2 is 2.56 bits per heavy atom. The lowest BCUT2D eigenvalue weighted by molar-refractivity contribution is 0.180. The molecule has 1 saturated heterocycles. The zero-order valence-corrected chi connectivity index (χ0v) is 12.1. The first kappa shape index (κ1) is 13.9. The number of methoxy groups -OCH3 is 1. The predicted octanol–water partition coefficient (Wildman–Crippen LogP) is 1.93. The number of thioether (sulfide) groups is 1. The first-order chi connectivity index (χ1) is 8.86. The van der Waals surface area contributed by atoms with E-state index in [1.54, 1.807) is 7.11 Å². The van der Waals surface area contributed by atoms with Gasteiger partial charge in [0.1, 0.15) is 0 Å². The first-order valence-corrected chi connectivity index (χ1v) is 7.84. The number of nitrogens with one attached hydrogen (secondary N) is 1. The molecule has 0 amide bonds. The number of aromatic nitrogens is 2. The van der Waals surface area contributed by atoms with Crippen LogP contribution in [0.15, 0.2) is 12.3 Å². The molecular formula is C13H23N3OS. The van der Waals surface area contributed by atoms with E-state index in [1.807, 2.05) is 6.20 Å². The Morgan fingerprint density at radius 3 is 3.22 bits per heavy atom. The van der Waals surface area contributed by atoms with E-state index in [0.29, 0.717) is 12.6 Å². The Morgan fingerprint density at radius 1 is 1.67 bits per heavy atom. The summed E-state index contributed by atoms with van der Waals surface area (Å²) in [7, 11) is 1.73. The van der Waals surface area contributed by atoms with Gasteiger partial charge in [-0.3, -0.25) is 4.68 Å². The van der Waals surface area contributed by atoms with Crippen molar-refractivity contribution in [3.05, 3.63) is 18.0 Å². The molecule has 102 valence electrons. The van der Waals surface area contributed by atoms with Crippen molar-refractivity contribution in [2.45, 2.75) is 25.9 Å². The summed E-state index contributed by atoms with van der Waals surface area (Å²) >= 11 is 2.06. The summed E-state index contributed by atoms with van der Waals surface area (Å²) in [4.78, 5) is 0. The Labute approximate surface area is 113 Å². The van der Waals surface area contributed by atoms with Crippen LogP contribution in [-0.2, 0) is 11.3 Å². The standard InChI is InChI=1S/C13H23N3OS/c1-3-14-13(11-5-9-18-10-11)12-4-6-15-16(12)7-8-17-2/h4,6,11,13-14H,3,5,7-10H2,1-2H3. The zero-order chi connectivity index (χ0) is 12.8. The van der Waals surface area contributed by atoms with Crippen LogP contribution in [0.3, 0.4) is 0 Å². The SMILES string of the molecule is CCNC(c1ccnn1CCOC)C1CCSC1. The lowest BCUT2D eigenvalue weighted by Crippen LogP contribution is -2.30. The average Bonchev–Trinajstić information content (AvgIpc) is 3.04. The van der Waals surface area contributed by atoms with Gasteiger partial charge in [0.25, 0.3) is 0 Å². The van der Waals surface area contributed by atoms with Crippen LogP contribution in [-0.4, -0.2) is 41.5 Å². The van der Waals surface area contributed by atoms with E-state index in [4.69, 9.17) is 4.74 Å². The molecule has 1 aromatic rings. The third-order valence-corrected chi connectivity index (χ3v) is 4.62. The smallest absolute Gasteiger partial charge is 0.0659 e. The average molecular weight is 269 g/mol. The van der Waals surface area contributed by atoms with Gasteiger partial charge in [0.2, 0.25) is 0 Å². The van der Waals surface area contributed by atoms with Crippen LogP contribution >= 0.6 is 11.8 Å². The molecule has 2 heterocycles. The first-order valence-electron chi connectivity index (χ1n) is 6.68. The second-order valence-corrected chi connectivity index (χ2v) is 5.78. The van der Waals surface area contributed by atoms with Gasteiger partial charge >= 0.3 is 0 Å². The van der Waals surface area contributed by atoms with E-state index in [0.717, 1.165) is 19.0 Å². The molecule has 1 N–H and O–H groups in total. The molecule has 0 aliphatic carbocycles. The summed E-state index contributed by atoms with van der Waals surface area (Å²) < 4.78 is 7.23. The highest BCUT2D eigenvalue weighted by Gasteiger charge is 2.28. The third-order valence-electron chi connectivity index (χ3n) is 3.44. The van der Waals surface area contributed by atoms with Crippen LogP contribution < -0.4 is 5.32 Å². The van der Waals surface area contributed by atoms with Gasteiger partial charge in [0.05, 0.1) is 24.9 Å². The lowest BCUT2D eigenvalue weighted by atomic mass is 9.96. The summed E-state index contributed by atoms with van der Waals surface area (Å²) in [5.74, 6) is 3.28. The summed E-state index contributed by atoms with van der Waals surface area (Å²) in [5.41, 5.74) is 1.31. The predicted molar refractivity (Wildman–Crippen MR) is 76.0 cm³/mol. The molecule has 1 aliphatic rings. The molecule has 1 aliphatic heterocycles. The monoisotopic (exact) mass is 269 g/mol. The van der Waals surface area contributed by atoms with E-state index in [-0.39, 0.29) is 0 Å². The topological polar surface area (TPSA) is 39.1 Å². The van der Waals surface area contributed by atoms with E-state index in [9.17, 15) is 0 Å². The molecular weight excluding hydrogens is 246 g/mol. The Bertz CT molecular complexity index is 350. The number of nitrogens with zero attached hydrogens (tertiary/aromatic N) is 2. The summed E-state index contributed by atoms with van der Waals surface area (Å²) in [6, 6.07) is 2.58. The minimum atomic E-state index is 0.435. The largest absolute Gasteiger partial charge is 0.383 e. The van der Waals surface area contributed by atoms with Crippen molar-refractivity contribution < 1.29 is 4.74 Å². The van der Waals surface area contributed by atoms with Crippen LogP contribution in [0.25, 0.3) is 0 Å². The molecule has 0 spiro atoms. The van der Waals surface area contributed by atoms with Crippen molar-refractivity contribution in [3.63, 3.8) is 0 Å². The fourth-order valence-corrected chi connectivity index (χ4v) is 3.82. The second-order valence-electron chi connectivity index (χ2n) is 4.63. The van der Waals surface area contributed by atoms with Crippen LogP contribution in [0, 0.1) is 5.92 Å². The highest BCUT2D eigenvalue weighted by atomic mass is 32.2. The highest BCUT2D eigenvalue weighted by molar-refractivity contribution is 7.99. The third kappa shape index (κ3) is 3.28. The number of hydrogen-bond acceptors (Lipinski definition) is 4. The van der Waals surface area contributed by atoms with Crippen molar-refractivity contribution >= 4 is 11.8 Å². The van der Waals surface area contributed by atoms with Gasteiger partial charge in [0, 0.05) is 13.3 Å². The van der Waals surface area contributed by atoms with Gasteiger partial charge in [-0.2, -0.15) is 16.9 Å². The fraction of sp³-hybridized carbons (Fsp3) is 0.769. The fourth-order valence-electron chi connectivity index (χ4n) is 2.52. The van der Waals surface area contributed by atoms with Crippen molar-refractivity contribution in [2.24, 2.45) is 5.92 Å². The number of rotatable bonds is 7. The van der Waals surface area contributed by atoms with Crippen LogP contribution in [0.1, 0.15) is 25.1 Å². The zero-order valence-electron chi connectivity index (χ0n) is 11.3. The second kappa shape index (κ2) is 7.16. The molecule has 5 heteroatoms. The number of hydrogen-bond donors (Lipinski definition) is 1. The van der Waals surface area contributed by atoms with Gasteiger partial charge in [-0.25, -0.2) is 0 Å². The quantitative estimate of drug-likeness (QED) is 0.821. The summed E-state index contributed by atoms with van der Waals surface area (Å²) in [6.45, 7) is 4.72. The molecule has 2 unspecified atom stereocenters. The van der Waals surface area contributed by atoms with Crippen molar-refractivity contribution in [3.8, 4) is 0 Å². The maximum Gasteiger partial charge on any atom is 0.0659 e. The molecule has 2 rings (SSSR count). The van der Waals surface area contributed by atoms with Crippen LogP contribution in [0.5, 0.6) is 0 Å². The van der Waals surface area contributed by atoms with Crippen LogP contribution in [0.2, 0.25) is 0 Å². The molecule has 1 fully saturated rings. The summed E-state index contributed by atoms with van der Waals surface area (Å²) in [5, 5.41) is 8.05. The van der Waals surface area contributed by atoms with Gasteiger partial charge in [-0.15, -0.1) is 0 Å².